The second-order valence-corrected chi connectivity index (χ2v) is 2.98. The third-order valence-corrected chi connectivity index (χ3v) is 2.06. The van der Waals surface area contributed by atoms with Gasteiger partial charge in [0.25, 0.3) is 0 Å². The third kappa shape index (κ3) is 2.52. The van der Waals surface area contributed by atoms with Gasteiger partial charge in [0.05, 0.1) is 5.84 Å². The smallest absolute Gasteiger partial charge is 0.0957 e. The van der Waals surface area contributed by atoms with E-state index < -0.39 is 0 Å². The van der Waals surface area contributed by atoms with Gasteiger partial charge in [-0.2, -0.15) is 0 Å². The lowest BCUT2D eigenvalue weighted by atomic mass is 10.2. The summed E-state index contributed by atoms with van der Waals surface area (Å²) in [6.45, 7) is 9.28. The molecule has 0 fully saturated rings. The Balaban J connectivity index is 2.31. The van der Waals surface area contributed by atoms with Crippen molar-refractivity contribution in [1.29, 1.82) is 0 Å². The van der Waals surface area contributed by atoms with Crippen molar-refractivity contribution in [1.82, 2.24) is 4.90 Å². The van der Waals surface area contributed by atoms with Crippen LogP contribution in [-0.2, 0) is 0 Å². The van der Waals surface area contributed by atoms with Gasteiger partial charge in [-0.1, -0.05) is 13.3 Å². The first kappa shape index (κ1) is 8.57. The average Bonchev–Trinajstić information content (AvgIpc) is 2.03. The van der Waals surface area contributed by atoms with Crippen LogP contribution in [0.15, 0.2) is 4.99 Å². The Morgan fingerprint density at radius 1 is 1.64 bits per heavy atom. The molecular formula is C9H17N2. The molecule has 0 saturated carbocycles. The van der Waals surface area contributed by atoms with Crippen molar-refractivity contribution < 1.29 is 0 Å². The Hall–Kier alpha value is -0.530. The third-order valence-electron chi connectivity index (χ3n) is 2.06. The van der Waals surface area contributed by atoms with Crippen LogP contribution < -0.4 is 0 Å². The van der Waals surface area contributed by atoms with E-state index in [0.717, 1.165) is 19.5 Å². The summed E-state index contributed by atoms with van der Waals surface area (Å²) in [5, 5.41) is 0. The van der Waals surface area contributed by atoms with Crippen LogP contribution in [0.4, 0.5) is 0 Å². The lowest BCUT2D eigenvalue weighted by molar-refractivity contribution is 0.386. The molecule has 0 spiro atoms. The minimum Gasteiger partial charge on any atom is -0.361 e. The average molecular weight is 153 g/mol. The van der Waals surface area contributed by atoms with Crippen LogP contribution in [-0.4, -0.2) is 30.4 Å². The van der Waals surface area contributed by atoms with Crippen molar-refractivity contribution in [3.05, 3.63) is 6.92 Å². The van der Waals surface area contributed by atoms with Gasteiger partial charge in [0.2, 0.25) is 0 Å². The van der Waals surface area contributed by atoms with Crippen LogP contribution in [0.2, 0.25) is 0 Å². The molecule has 0 N–H and O–H groups in total. The predicted molar refractivity (Wildman–Crippen MR) is 48.8 cm³/mol. The Labute approximate surface area is 69.3 Å². The van der Waals surface area contributed by atoms with Crippen molar-refractivity contribution in [3.8, 4) is 0 Å². The predicted octanol–water partition coefficient (Wildman–Crippen LogP) is 1.72. The largest absolute Gasteiger partial charge is 0.361 e. The second-order valence-electron chi connectivity index (χ2n) is 2.98. The fourth-order valence-electron chi connectivity index (χ4n) is 1.34. The number of amidine groups is 1. The molecule has 0 aromatic rings. The molecule has 2 heteroatoms. The van der Waals surface area contributed by atoms with Crippen LogP contribution in [0.3, 0.4) is 0 Å². The van der Waals surface area contributed by atoms with E-state index in [4.69, 9.17) is 0 Å². The lowest BCUT2D eigenvalue weighted by Gasteiger charge is -2.27. The summed E-state index contributed by atoms with van der Waals surface area (Å²) in [6.07, 6.45) is 3.44. The van der Waals surface area contributed by atoms with Crippen LogP contribution in [0.5, 0.6) is 0 Å². The number of aliphatic imine (C=N–C) groups is 1. The molecule has 1 aliphatic rings. The highest BCUT2D eigenvalue weighted by Crippen LogP contribution is 2.03. The van der Waals surface area contributed by atoms with Gasteiger partial charge in [0.1, 0.15) is 0 Å². The Bertz CT molecular complexity index is 140. The minimum atomic E-state index is 1.02. The lowest BCUT2D eigenvalue weighted by Crippen LogP contribution is -2.34. The van der Waals surface area contributed by atoms with Crippen molar-refractivity contribution in [2.45, 2.75) is 26.2 Å². The molecule has 1 heterocycles. The van der Waals surface area contributed by atoms with Gasteiger partial charge in [-0.3, -0.25) is 4.99 Å². The van der Waals surface area contributed by atoms with Gasteiger partial charge in [-0.25, -0.2) is 0 Å². The van der Waals surface area contributed by atoms with Crippen LogP contribution >= 0.6 is 0 Å². The summed E-state index contributed by atoms with van der Waals surface area (Å²) >= 11 is 0. The highest BCUT2D eigenvalue weighted by Gasteiger charge is 2.08. The monoisotopic (exact) mass is 153 g/mol. The number of hydrogen-bond donors (Lipinski definition) is 0. The number of rotatable bonds is 3. The summed E-state index contributed by atoms with van der Waals surface area (Å²) in [5.74, 6) is 1.21. The fraction of sp³-hybridized carbons (Fsp3) is 0.778. The van der Waals surface area contributed by atoms with E-state index in [1.807, 2.05) is 0 Å². The Kier molecular flexibility index (Phi) is 3.40. The fourth-order valence-corrected chi connectivity index (χ4v) is 1.34. The molecule has 0 amide bonds. The Morgan fingerprint density at radius 2 is 2.45 bits per heavy atom. The summed E-state index contributed by atoms with van der Waals surface area (Å²) in [5.41, 5.74) is 0. The quantitative estimate of drug-likeness (QED) is 0.603. The zero-order valence-electron chi connectivity index (χ0n) is 7.34. The molecule has 0 unspecified atom stereocenters. The molecule has 63 valence electrons. The standard InChI is InChI=1S/C9H17N2/c1-3-4-7-11-8-5-6-10-9(11)2/h1,3-8H2,2H3. The molecule has 0 aliphatic carbocycles. The Morgan fingerprint density at radius 3 is 3.09 bits per heavy atom. The van der Waals surface area contributed by atoms with Crippen molar-refractivity contribution in [2.24, 2.45) is 4.99 Å². The van der Waals surface area contributed by atoms with Crippen molar-refractivity contribution in [3.63, 3.8) is 0 Å². The first-order valence-electron chi connectivity index (χ1n) is 4.40. The summed E-state index contributed by atoms with van der Waals surface area (Å²) < 4.78 is 0. The number of hydrogen-bond acceptors (Lipinski definition) is 2. The van der Waals surface area contributed by atoms with E-state index >= 15 is 0 Å². The first-order valence-corrected chi connectivity index (χ1v) is 4.40. The maximum Gasteiger partial charge on any atom is 0.0957 e. The molecule has 1 rings (SSSR count). The molecular weight excluding hydrogens is 136 g/mol. The number of nitrogens with zero attached hydrogens (tertiary/aromatic N) is 2. The van der Waals surface area contributed by atoms with E-state index in [0.29, 0.717) is 0 Å². The summed E-state index contributed by atoms with van der Waals surface area (Å²) in [6, 6.07) is 0. The molecule has 11 heavy (non-hydrogen) atoms. The normalized spacial score (nSPS) is 18.4. The molecule has 0 atom stereocenters. The maximum atomic E-state index is 4.39. The topological polar surface area (TPSA) is 15.6 Å². The molecule has 0 bridgehead atoms. The zero-order valence-corrected chi connectivity index (χ0v) is 7.34. The molecule has 0 aromatic heterocycles. The zero-order chi connectivity index (χ0) is 8.10. The van der Waals surface area contributed by atoms with Gasteiger partial charge in [0, 0.05) is 19.6 Å². The van der Waals surface area contributed by atoms with E-state index in [9.17, 15) is 0 Å². The molecule has 0 saturated heterocycles. The highest BCUT2D eigenvalue weighted by atomic mass is 15.2. The summed E-state index contributed by atoms with van der Waals surface area (Å²) in [4.78, 5) is 6.74. The van der Waals surface area contributed by atoms with Crippen molar-refractivity contribution in [2.75, 3.05) is 19.6 Å². The van der Waals surface area contributed by atoms with E-state index in [1.54, 1.807) is 0 Å². The van der Waals surface area contributed by atoms with Crippen LogP contribution in [0.25, 0.3) is 0 Å². The highest BCUT2D eigenvalue weighted by molar-refractivity contribution is 5.80. The van der Waals surface area contributed by atoms with E-state index in [-0.39, 0.29) is 0 Å². The van der Waals surface area contributed by atoms with Gasteiger partial charge in [0.15, 0.2) is 0 Å². The van der Waals surface area contributed by atoms with Crippen molar-refractivity contribution >= 4 is 5.84 Å². The van der Waals surface area contributed by atoms with E-state index in [1.165, 1.54) is 25.2 Å². The second kappa shape index (κ2) is 4.37. The van der Waals surface area contributed by atoms with Gasteiger partial charge in [-0.05, 0) is 19.8 Å². The molecule has 0 aromatic carbocycles. The summed E-state index contributed by atoms with van der Waals surface area (Å²) in [7, 11) is 0. The molecule has 2 nitrogen and oxygen atoms in total. The van der Waals surface area contributed by atoms with Gasteiger partial charge < -0.3 is 4.90 Å². The minimum absolute atomic E-state index is 1.02. The molecule has 1 radical (unpaired) electrons. The van der Waals surface area contributed by atoms with Gasteiger partial charge in [-0.15, -0.1) is 0 Å². The first-order chi connectivity index (χ1) is 5.34. The van der Waals surface area contributed by atoms with Crippen LogP contribution in [0, 0.1) is 6.92 Å². The van der Waals surface area contributed by atoms with Crippen LogP contribution in [0.1, 0.15) is 26.2 Å². The molecule has 1 aliphatic heterocycles. The van der Waals surface area contributed by atoms with E-state index in [2.05, 4.69) is 23.7 Å². The SMILES string of the molecule is [CH2]CCCN1CCCN=C1C. The maximum absolute atomic E-state index is 4.39. The number of unbranched alkanes of at least 4 members (excludes halogenated alkanes) is 1. The van der Waals surface area contributed by atoms with Gasteiger partial charge >= 0.3 is 0 Å².